The number of hydrogen-bond donors (Lipinski definition) is 0. The summed E-state index contributed by atoms with van der Waals surface area (Å²) in [6, 6.07) is 30.2. The molecule has 1 aromatic heterocycles. The van der Waals surface area contributed by atoms with Crippen LogP contribution >= 0.6 is 0 Å². The molecule has 1 amide bonds. The molecule has 5 aliphatic heterocycles. The first kappa shape index (κ1) is 37.6. The van der Waals surface area contributed by atoms with Crippen molar-refractivity contribution in [2.45, 2.75) is 115 Å². The van der Waals surface area contributed by atoms with Gasteiger partial charge in [-0.25, -0.2) is 14.5 Å². The molecule has 1 saturated carbocycles. The Hall–Kier alpha value is -4.01. The van der Waals surface area contributed by atoms with Gasteiger partial charge >= 0.3 is 0 Å². The van der Waals surface area contributed by atoms with E-state index in [0.717, 1.165) is 36.0 Å². The zero-order valence-electron chi connectivity index (χ0n) is 32.4. The van der Waals surface area contributed by atoms with Crippen LogP contribution in [0.4, 0.5) is 0 Å². The number of rotatable bonds is 13. The topological polar surface area (TPSA) is 116 Å². The number of piperidine rings is 1. The molecule has 1 aliphatic carbocycles. The molecule has 296 valence electrons. The lowest BCUT2D eigenvalue weighted by atomic mass is 9.57. The molecule has 11 atom stereocenters. The third-order valence-corrected chi connectivity index (χ3v) is 12.8. The molecule has 10 rings (SSSR count). The van der Waals surface area contributed by atoms with E-state index in [0.29, 0.717) is 37.9 Å². The highest BCUT2D eigenvalue weighted by Crippen LogP contribution is 2.60. The quantitative estimate of drug-likeness (QED) is 0.135. The van der Waals surface area contributed by atoms with Crippen LogP contribution in [-0.4, -0.2) is 68.3 Å². The van der Waals surface area contributed by atoms with Crippen LogP contribution in [0, 0.1) is 23.7 Å². The Kier molecular flexibility index (Phi) is 10.6. The lowest BCUT2D eigenvalue weighted by molar-refractivity contribution is -0.548. The van der Waals surface area contributed by atoms with Crippen LogP contribution in [-0.2, 0) is 64.6 Å². The first-order valence-corrected chi connectivity index (χ1v) is 20.2. The van der Waals surface area contributed by atoms with E-state index < -0.39 is 42.2 Å². The maximum absolute atomic E-state index is 14.3. The van der Waals surface area contributed by atoms with Gasteiger partial charge in [-0.3, -0.25) is 4.79 Å². The second kappa shape index (κ2) is 15.7. The molecule has 5 saturated heterocycles. The van der Waals surface area contributed by atoms with Crippen LogP contribution in [0.1, 0.15) is 75.1 Å². The lowest BCUT2D eigenvalue weighted by Gasteiger charge is -2.61. The first-order chi connectivity index (χ1) is 27.3. The predicted molar refractivity (Wildman–Crippen MR) is 203 cm³/mol. The highest BCUT2D eigenvalue weighted by atomic mass is 17.3. The average molecular weight is 765 g/mol. The van der Waals surface area contributed by atoms with E-state index in [-0.39, 0.29) is 36.8 Å². The Morgan fingerprint density at radius 2 is 1.43 bits per heavy atom. The molecule has 56 heavy (non-hydrogen) atoms. The summed E-state index contributed by atoms with van der Waals surface area (Å²) in [6.45, 7) is 7.85. The summed E-state index contributed by atoms with van der Waals surface area (Å²) in [5.74, 6) is -0.564. The number of fused-ring (bicyclic) bond motifs is 2. The molecule has 2 bridgehead atoms. The summed E-state index contributed by atoms with van der Waals surface area (Å²) < 4.78 is 34.9. The van der Waals surface area contributed by atoms with Crippen molar-refractivity contribution in [3.8, 4) is 0 Å². The number of benzene rings is 3. The van der Waals surface area contributed by atoms with E-state index in [2.05, 4.69) is 17.2 Å². The molecule has 0 radical (unpaired) electrons. The Labute approximate surface area is 328 Å². The van der Waals surface area contributed by atoms with E-state index in [1.54, 1.807) is 4.68 Å². The number of likely N-dealkylation sites (tertiary alicyclic amines) is 1. The maximum atomic E-state index is 14.3. The summed E-state index contributed by atoms with van der Waals surface area (Å²) in [4.78, 5) is 28.6. The molecular formula is C44H52N4O8. The molecule has 2 unspecified atom stereocenters. The summed E-state index contributed by atoms with van der Waals surface area (Å²) in [5, 5.41) is 9.23. The Morgan fingerprint density at radius 3 is 2.11 bits per heavy atom. The molecule has 12 nitrogen and oxygen atoms in total. The van der Waals surface area contributed by atoms with Gasteiger partial charge < -0.3 is 28.6 Å². The summed E-state index contributed by atoms with van der Waals surface area (Å²) >= 11 is 0. The third kappa shape index (κ3) is 7.10. The molecule has 12 heteroatoms. The minimum atomic E-state index is -0.943. The highest BCUT2D eigenvalue weighted by Gasteiger charge is 2.70. The van der Waals surface area contributed by atoms with Gasteiger partial charge in [0.25, 0.3) is 0 Å². The van der Waals surface area contributed by atoms with E-state index in [1.807, 2.05) is 116 Å². The minimum Gasteiger partial charge on any atom is -0.374 e. The summed E-state index contributed by atoms with van der Waals surface area (Å²) in [7, 11) is 0. The van der Waals surface area contributed by atoms with Crippen molar-refractivity contribution in [1.29, 1.82) is 0 Å². The van der Waals surface area contributed by atoms with Gasteiger partial charge in [-0.15, -0.1) is 5.10 Å². The number of hydrogen-bond acceptors (Lipinski definition) is 10. The molecule has 1 spiro atoms. The second-order valence-corrected chi connectivity index (χ2v) is 16.5. The number of aromatic nitrogens is 3. The van der Waals surface area contributed by atoms with Crippen molar-refractivity contribution >= 4 is 5.91 Å². The van der Waals surface area contributed by atoms with Crippen molar-refractivity contribution in [3.05, 3.63) is 120 Å². The van der Waals surface area contributed by atoms with Gasteiger partial charge in [0.05, 0.1) is 39.2 Å². The molecule has 3 aromatic carbocycles. The van der Waals surface area contributed by atoms with Gasteiger partial charge in [0.15, 0.2) is 18.1 Å². The van der Waals surface area contributed by atoms with E-state index in [4.69, 9.17) is 33.5 Å². The summed E-state index contributed by atoms with van der Waals surface area (Å²) in [6.07, 6.45) is 2.59. The third-order valence-electron chi connectivity index (χ3n) is 12.8. The lowest BCUT2D eigenvalue weighted by Crippen LogP contribution is -2.74. The van der Waals surface area contributed by atoms with Gasteiger partial charge in [0.1, 0.15) is 24.0 Å². The smallest absolute Gasteiger partial charge is 0.228 e. The normalized spacial score (nSPS) is 35.0. The van der Waals surface area contributed by atoms with E-state index in [9.17, 15) is 4.79 Å². The fourth-order valence-corrected chi connectivity index (χ4v) is 9.83. The van der Waals surface area contributed by atoms with Crippen LogP contribution < -0.4 is 0 Å². The second-order valence-electron chi connectivity index (χ2n) is 16.5. The Bertz CT molecular complexity index is 1930. The van der Waals surface area contributed by atoms with E-state index >= 15 is 0 Å². The van der Waals surface area contributed by atoms with Crippen LogP contribution in [0.15, 0.2) is 97.2 Å². The number of carbonyl (C=O) groups excluding carboxylic acids is 1. The molecule has 4 aromatic rings. The van der Waals surface area contributed by atoms with Gasteiger partial charge in [-0.2, -0.15) is 0 Å². The zero-order valence-corrected chi connectivity index (χ0v) is 32.4. The Morgan fingerprint density at radius 1 is 0.786 bits per heavy atom. The fraction of sp³-hybridized carbons (Fsp3) is 0.523. The number of nitrogens with zero attached hydrogens (tertiary/aromatic N) is 4. The Balaban J connectivity index is 0.998. The molecular weight excluding hydrogens is 713 g/mol. The van der Waals surface area contributed by atoms with Crippen molar-refractivity contribution < 1.29 is 38.3 Å². The number of carbonyl (C=O) groups is 1. The number of ether oxygens (including phenoxy) is 5. The monoisotopic (exact) mass is 764 g/mol. The largest absolute Gasteiger partial charge is 0.374 e. The maximum Gasteiger partial charge on any atom is 0.228 e. The predicted octanol–water partition coefficient (Wildman–Crippen LogP) is 6.76. The standard InChI is InChI=1S/C44H52N4O8/c1-29-19-20-36-30(2)40(49)47(42-44(36)35(29)21-22-43(3,54-42)55-56-44)23-34-24-48(46-45-34)41-39(52-27-33-17-11-6-12-18-33)38(51-26-32-15-9-5-10-16-32)37(53-41)28-50-25-31-13-7-4-8-14-31/h4-18,24,29-30,35-39,41-42H,19-23,25-28H2,1-3H3/t29-,30-,35+,36+,37?,38+,39+,41?,42-,43-,44-/m1/s1. The van der Waals surface area contributed by atoms with Gasteiger partial charge in [0, 0.05) is 18.3 Å². The zero-order chi connectivity index (χ0) is 38.3. The molecule has 6 fully saturated rings. The fourth-order valence-electron chi connectivity index (χ4n) is 9.83. The molecule has 6 heterocycles. The molecule has 6 aliphatic rings. The first-order valence-electron chi connectivity index (χ1n) is 20.2. The van der Waals surface area contributed by atoms with Gasteiger partial charge in [-0.1, -0.05) is 110 Å². The van der Waals surface area contributed by atoms with Crippen LogP contribution in [0.3, 0.4) is 0 Å². The summed E-state index contributed by atoms with van der Waals surface area (Å²) in [5.41, 5.74) is 2.99. The van der Waals surface area contributed by atoms with E-state index in [1.165, 1.54) is 0 Å². The van der Waals surface area contributed by atoms with Crippen LogP contribution in [0.5, 0.6) is 0 Å². The highest BCUT2D eigenvalue weighted by molar-refractivity contribution is 5.80. The van der Waals surface area contributed by atoms with Gasteiger partial charge in [0.2, 0.25) is 11.7 Å². The van der Waals surface area contributed by atoms with Crippen molar-refractivity contribution in [3.63, 3.8) is 0 Å². The SMILES string of the molecule is C[C@@H]1CC[C@H]2[C@@H](C)C(=O)N(Cc3cn(C4OC(COCc5ccccc5)[C@H](OCc5ccccc5)[C@@H]4OCc4ccccc4)nn3)[C@@H]3O[C@@]4(C)CC[C@@H]1[C@@]23OO4. The number of amides is 1. The van der Waals surface area contributed by atoms with Crippen molar-refractivity contribution in [1.82, 2.24) is 19.9 Å². The molecule has 0 N–H and O–H groups in total. The van der Waals surface area contributed by atoms with Crippen LogP contribution in [0.25, 0.3) is 0 Å². The minimum absolute atomic E-state index is 0.000875. The van der Waals surface area contributed by atoms with Gasteiger partial charge in [-0.05, 0) is 54.7 Å². The van der Waals surface area contributed by atoms with Crippen molar-refractivity contribution in [2.24, 2.45) is 23.7 Å². The average Bonchev–Trinajstić information content (AvgIpc) is 3.75. The van der Waals surface area contributed by atoms with Crippen molar-refractivity contribution in [2.75, 3.05) is 6.61 Å². The van der Waals surface area contributed by atoms with Crippen LogP contribution in [0.2, 0.25) is 0 Å².